The summed E-state index contributed by atoms with van der Waals surface area (Å²) in [5.41, 5.74) is 4.55. The van der Waals surface area contributed by atoms with Gasteiger partial charge >= 0.3 is 0 Å². The van der Waals surface area contributed by atoms with E-state index in [9.17, 15) is 0 Å². The Morgan fingerprint density at radius 1 is 1.13 bits per heavy atom. The Kier molecular flexibility index (Phi) is 5.34. The molecule has 1 fully saturated rings. The molecule has 2 aliphatic rings. The van der Waals surface area contributed by atoms with Crippen LogP contribution in [0.4, 0.5) is 5.69 Å². The van der Waals surface area contributed by atoms with Crippen molar-refractivity contribution in [1.29, 1.82) is 0 Å². The van der Waals surface area contributed by atoms with E-state index in [0.717, 1.165) is 55.0 Å². The van der Waals surface area contributed by atoms with Gasteiger partial charge in [-0.05, 0) is 49.4 Å². The first kappa shape index (κ1) is 20.0. The number of fused-ring (bicyclic) bond motifs is 1. The fourth-order valence-corrected chi connectivity index (χ4v) is 5.10. The lowest BCUT2D eigenvalue weighted by atomic mass is 10.0. The van der Waals surface area contributed by atoms with Gasteiger partial charge in [-0.1, -0.05) is 46.0 Å². The molecular formula is C23H21Cl3N2O2. The second kappa shape index (κ2) is 7.99. The lowest BCUT2D eigenvalue weighted by molar-refractivity contribution is 0.300. The standard InChI is InChI=1S/C23H21Cl3N2O2/c1-28-9-3-4-14-10-15(11-19(26)22(14)28)29-12-16-21(27-30-23(16)13-7-8-13)20-17(24)5-2-6-18(20)25/h2,5-6,10-11,13H,3-4,7-9,12H2,1H3. The van der Waals surface area contributed by atoms with E-state index in [1.54, 1.807) is 12.1 Å². The van der Waals surface area contributed by atoms with Gasteiger partial charge in [0.25, 0.3) is 0 Å². The van der Waals surface area contributed by atoms with Gasteiger partial charge in [-0.2, -0.15) is 0 Å². The molecular weight excluding hydrogens is 443 g/mol. The molecule has 3 aromatic rings. The monoisotopic (exact) mass is 462 g/mol. The van der Waals surface area contributed by atoms with Gasteiger partial charge < -0.3 is 14.2 Å². The van der Waals surface area contributed by atoms with Gasteiger partial charge in [0.05, 0.1) is 26.3 Å². The summed E-state index contributed by atoms with van der Waals surface area (Å²) in [6.07, 6.45) is 4.29. The van der Waals surface area contributed by atoms with E-state index in [-0.39, 0.29) is 0 Å². The predicted molar refractivity (Wildman–Crippen MR) is 121 cm³/mol. The van der Waals surface area contributed by atoms with E-state index in [1.165, 1.54) is 5.56 Å². The highest BCUT2D eigenvalue weighted by Crippen LogP contribution is 2.46. The summed E-state index contributed by atoms with van der Waals surface area (Å²) < 4.78 is 11.9. The van der Waals surface area contributed by atoms with Crippen LogP contribution in [0.15, 0.2) is 34.9 Å². The number of halogens is 3. The Hall–Kier alpha value is -1.88. The fraction of sp³-hybridized carbons (Fsp3) is 0.348. The average molecular weight is 464 g/mol. The Morgan fingerprint density at radius 3 is 2.63 bits per heavy atom. The molecule has 0 spiro atoms. The summed E-state index contributed by atoms with van der Waals surface area (Å²) in [4.78, 5) is 2.20. The molecule has 2 heterocycles. The van der Waals surface area contributed by atoms with Crippen LogP contribution in [0.25, 0.3) is 11.3 Å². The predicted octanol–water partition coefficient (Wildman–Crippen LogP) is 7.14. The molecule has 1 aromatic heterocycles. The van der Waals surface area contributed by atoms with Crippen LogP contribution in [0.2, 0.25) is 15.1 Å². The number of nitrogens with zero attached hydrogens (tertiary/aromatic N) is 2. The summed E-state index contributed by atoms with van der Waals surface area (Å²) in [6, 6.07) is 9.40. The van der Waals surface area contributed by atoms with Gasteiger partial charge in [0.2, 0.25) is 0 Å². The molecule has 0 N–H and O–H groups in total. The number of aromatic nitrogens is 1. The maximum atomic E-state index is 6.58. The molecule has 0 radical (unpaired) electrons. The van der Waals surface area contributed by atoms with Crippen molar-refractivity contribution in [3.05, 3.63) is 62.3 Å². The smallest absolute Gasteiger partial charge is 0.147 e. The first-order valence-corrected chi connectivity index (χ1v) is 11.3. The van der Waals surface area contributed by atoms with Crippen LogP contribution in [0.3, 0.4) is 0 Å². The second-order valence-electron chi connectivity index (χ2n) is 7.97. The van der Waals surface area contributed by atoms with E-state index in [1.807, 2.05) is 12.1 Å². The van der Waals surface area contributed by atoms with Gasteiger partial charge in [-0.25, -0.2) is 0 Å². The molecule has 30 heavy (non-hydrogen) atoms. The molecule has 7 heteroatoms. The molecule has 1 aliphatic carbocycles. The topological polar surface area (TPSA) is 38.5 Å². The van der Waals surface area contributed by atoms with E-state index < -0.39 is 0 Å². The summed E-state index contributed by atoms with van der Waals surface area (Å²) in [6.45, 7) is 1.33. The molecule has 0 amide bonds. The van der Waals surface area contributed by atoms with Gasteiger partial charge in [-0.15, -0.1) is 0 Å². The zero-order chi connectivity index (χ0) is 20.8. The molecule has 1 saturated carbocycles. The minimum Gasteiger partial charge on any atom is -0.489 e. The number of ether oxygens (including phenoxy) is 1. The van der Waals surface area contributed by atoms with Gasteiger partial charge in [0, 0.05) is 31.1 Å². The highest BCUT2D eigenvalue weighted by Gasteiger charge is 2.33. The summed E-state index contributed by atoms with van der Waals surface area (Å²) in [5, 5.41) is 6.12. The summed E-state index contributed by atoms with van der Waals surface area (Å²) in [7, 11) is 2.07. The number of hydrogen-bond donors (Lipinski definition) is 0. The van der Waals surface area contributed by atoms with Crippen molar-refractivity contribution in [3.63, 3.8) is 0 Å². The molecule has 0 bridgehead atoms. The quantitative estimate of drug-likeness (QED) is 0.403. The number of aryl methyl sites for hydroxylation is 1. The maximum absolute atomic E-state index is 6.58. The van der Waals surface area contributed by atoms with Gasteiger partial charge in [0.15, 0.2) is 0 Å². The van der Waals surface area contributed by atoms with Crippen LogP contribution in [-0.2, 0) is 13.0 Å². The molecule has 0 atom stereocenters. The molecule has 2 aromatic carbocycles. The second-order valence-corrected chi connectivity index (χ2v) is 9.19. The fourth-order valence-electron chi connectivity index (χ4n) is 4.15. The molecule has 1 aliphatic heterocycles. The first-order valence-electron chi connectivity index (χ1n) is 10.1. The third-order valence-electron chi connectivity index (χ3n) is 5.79. The van der Waals surface area contributed by atoms with Crippen molar-refractivity contribution < 1.29 is 9.26 Å². The van der Waals surface area contributed by atoms with E-state index >= 15 is 0 Å². The molecule has 156 valence electrons. The molecule has 0 saturated heterocycles. The minimum atomic E-state index is 0.317. The van der Waals surface area contributed by atoms with E-state index in [0.29, 0.717) is 38.9 Å². The van der Waals surface area contributed by atoms with Crippen molar-refractivity contribution in [2.75, 3.05) is 18.5 Å². The van der Waals surface area contributed by atoms with Crippen LogP contribution >= 0.6 is 34.8 Å². The van der Waals surface area contributed by atoms with Gasteiger partial charge in [0.1, 0.15) is 23.8 Å². The largest absolute Gasteiger partial charge is 0.489 e. The molecule has 4 nitrogen and oxygen atoms in total. The average Bonchev–Trinajstić information content (AvgIpc) is 3.47. The SMILES string of the molecule is CN1CCCc2cc(OCc3c(-c4c(Cl)cccc4Cl)noc3C3CC3)cc(Cl)c21. The lowest BCUT2D eigenvalue weighted by Gasteiger charge is -2.29. The Labute approximate surface area is 190 Å². The zero-order valence-electron chi connectivity index (χ0n) is 16.6. The van der Waals surface area contributed by atoms with Crippen LogP contribution < -0.4 is 9.64 Å². The van der Waals surface area contributed by atoms with Crippen LogP contribution in [0, 0.1) is 0 Å². The van der Waals surface area contributed by atoms with E-state index in [2.05, 4.69) is 23.2 Å². The third kappa shape index (κ3) is 3.66. The van der Waals surface area contributed by atoms with Crippen LogP contribution in [0.1, 0.15) is 42.1 Å². The summed E-state index contributed by atoms with van der Waals surface area (Å²) >= 11 is 19.5. The number of rotatable bonds is 5. The van der Waals surface area contributed by atoms with Crippen molar-refractivity contribution in [1.82, 2.24) is 5.16 Å². The summed E-state index contributed by atoms with van der Waals surface area (Å²) in [5.74, 6) is 1.99. The van der Waals surface area contributed by atoms with Gasteiger partial charge in [-0.3, -0.25) is 0 Å². The van der Waals surface area contributed by atoms with E-state index in [4.69, 9.17) is 44.1 Å². The Bertz CT molecular complexity index is 1090. The maximum Gasteiger partial charge on any atom is 0.147 e. The normalized spacial score (nSPS) is 15.9. The highest BCUT2D eigenvalue weighted by atomic mass is 35.5. The Balaban J connectivity index is 1.48. The number of hydrogen-bond acceptors (Lipinski definition) is 4. The van der Waals surface area contributed by atoms with Crippen molar-refractivity contribution in [2.45, 2.75) is 38.2 Å². The Morgan fingerprint density at radius 2 is 1.90 bits per heavy atom. The van der Waals surface area contributed by atoms with Crippen LogP contribution in [-0.4, -0.2) is 18.7 Å². The first-order chi connectivity index (χ1) is 14.5. The molecule has 0 unspecified atom stereocenters. The highest BCUT2D eigenvalue weighted by molar-refractivity contribution is 6.39. The zero-order valence-corrected chi connectivity index (χ0v) is 18.8. The number of benzene rings is 2. The number of anilines is 1. The lowest BCUT2D eigenvalue weighted by Crippen LogP contribution is -2.25. The minimum absolute atomic E-state index is 0.317. The van der Waals surface area contributed by atoms with Crippen LogP contribution in [0.5, 0.6) is 5.75 Å². The third-order valence-corrected chi connectivity index (χ3v) is 6.70. The van der Waals surface area contributed by atoms with Crippen molar-refractivity contribution >= 4 is 40.5 Å². The van der Waals surface area contributed by atoms with Crippen molar-refractivity contribution in [2.24, 2.45) is 0 Å². The van der Waals surface area contributed by atoms with Crippen molar-refractivity contribution in [3.8, 4) is 17.0 Å². The molecule has 5 rings (SSSR count).